The molecule has 19 heavy (non-hydrogen) atoms. The van der Waals surface area contributed by atoms with Gasteiger partial charge in [0.1, 0.15) is 0 Å². The molecule has 0 radical (unpaired) electrons. The molecular weight excluding hydrogens is 238 g/mol. The van der Waals surface area contributed by atoms with E-state index in [4.69, 9.17) is 0 Å². The van der Waals surface area contributed by atoms with Gasteiger partial charge in [0.2, 0.25) is 0 Å². The van der Waals surface area contributed by atoms with E-state index in [-0.39, 0.29) is 12.2 Å². The second kappa shape index (κ2) is 5.85. The molecule has 0 aliphatic rings. The van der Waals surface area contributed by atoms with Gasteiger partial charge in [0, 0.05) is 12.1 Å². The molecule has 0 aliphatic carbocycles. The molecule has 1 heterocycles. The summed E-state index contributed by atoms with van der Waals surface area (Å²) in [4.78, 5) is 12.3. The number of benzene rings is 1. The van der Waals surface area contributed by atoms with Crippen molar-refractivity contribution in [2.45, 2.75) is 33.4 Å². The topological polar surface area (TPSA) is 42.2 Å². The van der Waals surface area contributed by atoms with Crippen molar-refractivity contribution in [3.05, 3.63) is 57.9 Å². The molecule has 0 fully saturated rings. The van der Waals surface area contributed by atoms with Crippen molar-refractivity contribution in [1.82, 2.24) is 4.57 Å². The number of nitrogens with zero attached hydrogens (tertiary/aromatic N) is 1. The van der Waals surface area contributed by atoms with Crippen LogP contribution in [0, 0.1) is 6.92 Å². The summed E-state index contributed by atoms with van der Waals surface area (Å²) in [6.07, 6.45) is 0.883. The van der Waals surface area contributed by atoms with Gasteiger partial charge < -0.3 is 9.67 Å². The molecule has 1 N–H and O–H groups in total. The minimum absolute atomic E-state index is 0.0950. The van der Waals surface area contributed by atoms with Crippen molar-refractivity contribution in [2.24, 2.45) is 0 Å². The van der Waals surface area contributed by atoms with Gasteiger partial charge in [-0.05, 0) is 31.0 Å². The zero-order valence-corrected chi connectivity index (χ0v) is 11.4. The van der Waals surface area contributed by atoms with Crippen molar-refractivity contribution < 1.29 is 5.11 Å². The number of hydrogen-bond donors (Lipinski definition) is 1. The van der Waals surface area contributed by atoms with Gasteiger partial charge >= 0.3 is 0 Å². The van der Waals surface area contributed by atoms with Gasteiger partial charge in [0.05, 0.1) is 12.3 Å². The Balaban J connectivity index is 2.59. The molecule has 1 aromatic carbocycles. The highest BCUT2D eigenvalue weighted by Gasteiger charge is 2.09. The zero-order valence-electron chi connectivity index (χ0n) is 11.4. The van der Waals surface area contributed by atoms with E-state index < -0.39 is 0 Å². The molecule has 0 spiro atoms. The number of aromatic nitrogens is 1. The zero-order chi connectivity index (χ0) is 13.8. The van der Waals surface area contributed by atoms with Crippen molar-refractivity contribution in [1.29, 1.82) is 0 Å². The van der Waals surface area contributed by atoms with Crippen LogP contribution in [0.1, 0.15) is 24.5 Å². The number of aliphatic hydroxyl groups is 1. The summed E-state index contributed by atoms with van der Waals surface area (Å²) in [6, 6.07) is 11.7. The summed E-state index contributed by atoms with van der Waals surface area (Å²) in [5.74, 6) is 0. The lowest BCUT2D eigenvalue weighted by molar-refractivity contribution is 0.279. The smallest absolute Gasteiger partial charge is 0.256 e. The van der Waals surface area contributed by atoms with Crippen LogP contribution in [-0.2, 0) is 13.2 Å². The lowest BCUT2D eigenvalue weighted by atomic mass is 10.1. The first-order valence-corrected chi connectivity index (χ1v) is 6.58. The summed E-state index contributed by atoms with van der Waals surface area (Å²) in [7, 11) is 0. The van der Waals surface area contributed by atoms with E-state index in [0.29, 0.717) is 12.1 Å². The molecular formula is C16H19NO2. The molecule has 0 atom stereocenters. The van der Waals surface area contributed by atoms with Crippen LogP contribution in [0.3, 0.4) is 0 Å². The summed E-state index contributed by atoms with van der Waals surface area (Å²) in [5.41, 5.74) is 3.48. The molecule has 3 heteroatoms. The third kappa shape index (κ3) is 2.76. The Bertz CT molecular complexity index is 612. The van der Waals surface area contributed by atoms with Crippen LogP contribution in [0.25, 0.3) is 11.3 Å². The predicted octanol–water partition coefficient (Wildman–Crippen LogP) is 2.73. The van der Waals surface area contributed by atoms with Crippen LogP contribution in [0.4, 0.5) is 0 Å². The second-order valence-corrected chi connectivity index (χ2v) is 4.72. The van der Waals surface area contributed by atoms with Crippen LogP contribution in [0.15, 0.2) is 41.2 Å². The van der Waals surface area contributed by atoms with Crippen LogP contribution in [0.2, 0.25) is 0 Å². The van der Waals surface area contributed by atoms with E-state index in [1.165, 1.54) is 5.56 Å². The van der Waals surface area contributed by atoms with Crippen LogP contribution < -0.4 is 5.56 Å². The first kappa shape index (κ1) is 13.6. The Hall–Kier alpha value is -1.87. The molecule has 2 rings (SSSR count). The third-order valence-electron chi connectivity index (χ3n) is 3.22. The SMILES string of the molecule is CCCn1c(-c2ccc(C)cc2)ccc(CO)c1=O. The highest BCUT2D eigenvalue weighted by Crippen LogP contribution is 2.19. The fraction of sp³-hybridized carbons (Fsp3) is 0.312. The van der Waals surface area contributed by atoms with Crippen molar-refractivity contribution in [3.63, 3.8) is 0 Å². The standard InChI is InChI=1S/C16H19NO2/c1-3-10-17-15(9-8-14(11-18)16(17)19)13-6-4-12(2)5-7-13/h4-9,18H,3,10-11H2,1-2H3. The van der Waals surface area contributed by atoms with Gasteiger partial charge in [-0.1, -0.05) is 36.8 Å². The van der Waals surface area contributed by atoms with Gasteiger partial charge in [-0.2, -0.15) is 0 Å². The van der Waals surface area contributed by atoms with Gasteiger partial charge in [0.15, 0.2) is 0 Å². The van der Waals surface area contributed by atoms with E-state index in [1.54, 1.807) is 10.6 Å². The lowest BCUT2D eigenvalue weighted by Crippen LogP contribution is -2.25. The minimum Gasteiger partial charge on any atom is -0.391 e. The second-order valence-electron chi connectivity index (χ2n) is 4.72. The molecule has 0 saturated heterocycles. The summed E-state index contributed by atoms with van der Waals surface area (Å²) in [6.45, 7) is 4.53. The van der Waals surface area contributed by atoms with Crippen LogP contribution in [0.5, 0.6) is 0 Å². The molecule has 0 aliphatic heterocycles. The fourth-order valence-corrected chi connectivity index (χ4v) is 2.17. The number of hydrogen-bond acceptors (Lipinski definition) is 2. The molecule has 0 amide bonds. The van der Waals surface area contributed by atoms with Gasteiger partial charge in [-0.15, -0.1) is 0 Å². The van der Waals surface area contributed by atoms with Crippen molar-refractivity contribution >= 4 is 0 Å². The quantitative estimate of drug-likeness (QED) is 0.915. The molecule has 0 saturated carbocycles. The largest absolute Gasteiger partial charge is 0.391 e. The fourth-order valence-electron chi connectivity index (χ4n) is 2.17. The van der Waals surface area contributed by atoms with E-state index >= 15 is 0 Å². The Morgan fingerprint density at radius 1 is 1.11 bits per heavy atom. The van der Waals surface area contributed by atoms with E-state index in [1.807, 2.05) is 44.2 Å². The Labute approximate surface area is 113 Å². The predicted molar refractivity (Wildman–Crippen MR) is 77.1 cm³/mol. The van der Waals surface area contributed by atoms with Gasteiger partial charge in [-0.25, -0.2) is 0 Å². The van der Waals surface area contributed by atoms with Crippen LogP contribution >= 0.6 is 0 Å². The van der Waals surface area contributed by atoms with Crippen LogP contribution in [-0.4, -0.2) is 9.67 Å². The number of aryl methyl sites for hydroxylation is 1. The molecule has 100 valence electrons. The van der Waals surface area contributed by atoms with Crippen molar-refractivity contribution in [2.75, 3.05) is 0 Å². The maximum atomic E-state index is 12.3. The first-order valence-electron chi connectivity index (χ1n) is 6.58. The summed E-state index contributed by atoms with van der Waals surface area (Å²) >= 11 is 0. The number of rotatable bonds is 4. The minimum atomic E-state index is -0.212. The van der Waals surface area contributed by atoms with Gasteiger partial charge in [-0.3, -0.25) is 4.79 Å². The normalized spacial score (nSPS) is 10.7. The number of pyridine rings is 1. The van der Waals surface area contributed by atoms with E-state index in [9.17, 15) is 9.90 Å². The van der Waals surface area contributed by atoms with E-state index in [0.717, 1.165) is 17.7 Å². The van der Waals surface area contributed by atoms with E-state index in [2.05, 4.69) is 0 Å². The molecule has 1 aromatic heterocycles. The average Bonchev–Trinajstić information content (AvgIpc) is 2.42. The van der Waals surface area contributed by atoms with Gasteiger partial charge in [0.25, 0.3) is 5.56 Å². The Morgan fingerprint density at radius 3 is 2.37 bits per heavy atom. The third-order valence-corrected chi connectivity index (χ3v) is 3.22. The Kier molecular flexibility index (Phi) is 4.17. The highest BCUT2D eigenvalue weighted by atomic mass is 16.3. The lowest BCUT2D eigenvalue weighted by Gasteiger charge is -2.13. The van der Waals surface area contributed by atoms with Crippen molar-refractivity contribution in [3.8, 4) is 11.3 Å². The summed E-state index contributed by atoms with van der Waals surface area (Å²) in [5, 5.41) is 9.20. The summed E-state index contributed by atoms with van der Waals surface area (Å²) < 4.78 is 1.75. The monoisotopic (exact) mass is 257 g/mol. The molecule has 3 nitrogen and oxygen atoms in total. The molecule has 2 aromatic rings. The molecule has 0 unspecified atom stereocenters. The highest BCUT2D eigenvalue weighted by molar-refractivity contribution is 5.60. The number of aliphatic hydroxyl groups excluding tert-OH is 1. The average molecular weight is 257 g/mol. The maximum Gasteiger partial charge on any atom is 0.256 e. The maximum absolute atomic E-state index is 12.3. The first-order chi connectivity index (χ1) is 9.17. The Morgan fingerprint density at radius 2 is 1.79 bits per heavy atom. The molecule has 0 bridgehead atoms.